The Morgan fingerprint density at radius 2 is 1.81 bits per heavy atom. The van der Waals surface area contributed by atoms with Crippen molar-refractivity contribution in [1.29, 1.82) is 0 Å². The van der Waals surface area contributed by atoms with Crippen molar-refractivity contribution in [1.82, 2.24) is 0 Å². The summed E-state index contributed by atoms with van der Waals surface area (Å²) in [6.45, 7) is 1.84. The molecule has 0 aromatic heterocycles. The summed E-state index contributed by atoms with van der Waals surface area (Å²) in [5.74, 6) is 0.877. The standard InChI is InChI=1S/C18H21NO2/c20-13-17-7-4-12-19(17)16-8-10-18(11-9-16)21-14-15-5-2-1-3-6-15/h1-3,5-6,8-11,17,20H,4,7,12-14H2. The third-order valence-electron chi connectivity index (χ3n) is 4.00. The summed E-state index contributed by atoms with van der Waals surface area (Å²) in [5.41, 5.74) is 2.33. The second-order valence-electron chi connectivity index (χ2n) is 5.44. The van der Waals surface area contributed by atoms with Crippen LogP contribution in [0.3, 0.4) is 0 Å². The molecular weight excluding hydrogens is 262 g/mol. The van der Waals surface area contributed by atoms with Gasteiger partial charge in [-0.2, -0.15) is 0 Å². The van der Waals surface area contributed by atoms with Gasteiger partial charge in [-0.1, -0.05) is 30.3 Å². The minimum absolute atomic E-state index is 0.228. The molecule has 3 heteroatoms. The molecule has 2 aromatic rings. The lowest BCUT2D eigenvalue weighted by Gasteiger charge is -2.25. The van der Waals surface area contributed by atoms with Gasteiger partial charge in [0.1, 0.15) is 12.4 Å². The molecular formula is C18H21NO2. The summed E-state index contributed by atoms with van der Waals surface area (Å²) in [6.07, 6.45) is 2.22. The molecule has 0 aliphatic carbocycles. The second-order valence-corrected chi connectivity index (χ2v) is 5.44. The first-order valence-corrected chi connectivity index (χ1v) is 7.51. The van der Waals surface area contributed by atoms with E-state index in [4.69, 9.17) is 4.74 Å². The van der Waals surface area contributed by atoms with Gasteiger partial charge in [-0.15, -0.1) is 0 Å². The van der Waals surface area contributed by atoms with Crippen molar-refractivity contribution < 1.29 is 9.84 Å². The fraction of sp³-hybridized carbons (Fsp3) is 0.333. The Kier molecular flexibility index (Phi) is 4.41. The molecule has 0 spiro atoms. The molecule has 1 aliphatic heterocycles. The predicted molar refractivity (Wildman–Crippen MR) is 84.7 cm³/mol. The fourth-order valence-electron chi connectivity index (χ4n) is 2.84. The zero-order valence-electron chi connectivity index (χ0n) is 12.1. The summed E-state index contributed by atoms with van der Waals surface area (Å²) >= 11 is 0. The molecule has 1 saturated heterocycles. The minimum atomic E-state index is 0.228. The van der Waals surface area contributed by atoms with Crippen LogP contribution in [-0.2, 0) is 6.61 Å². The summed E-state index contributed by atoms with van der Waals surface area (Å²) in [7, 11) is 0. The fourth-order valence-corrected chi connectivity index (χ4v) is 2.84. The molecule has 1 atom stereocenters. The number of hydrogen-bond donors (Lipinski definition) is 1. The topological polar surface area (TPSA) is 32.7 Å². The third-order valence-corrected chi connectivity index (χ3v) is 4.00. The maximum atomic E-state index is 9.40. The average molecular weight is 283 g/mol. The molecule has 0 bridgehead atoms. The first kappa shape index (κ1) is 14.0. The number of aliphatic hydroxyl groups is 1. The highest BCUT2D eigenvalue weighted by Gasteiger charge is 2.23. The van der Waals surface area contributed by atoms with Crippen molar-refractivity contribution >= 4 is 5.69 Å². The van der Waals surface area contributed by atoms with Gasteiger partial charge in [0, 0.05) is 12.2 Å². The lowest BCUT2D eigenvalue weighted by Crippen LogP contribution is -2.31. The molecule has 0 amide bonds. The number of hydrogen-bond acceptors (Lipinski definition) is 3. The Morgan fingerprint density at radius 3 is 2.52 bits per heavy atom. The van der Waals surface area contributed by atoms with E-state index >= 15 is 0 Å². The van der Waals surface area contributed by atoms with E-state index in [0.717, 1.165) is 25.1 Å². The van der Waals surface area contributed by atoms with E-state index in [0.29, 0.717) is 6.61 Å². The molecule has 2 aromatic carbocycles. The van der Waals surface area contributed by atoms with Crippen molar-refractivity contribution in [2.45, 2.75) is 25.5 Å². The Balaban J connectivity index is 1.61. The van der Waals surface area contributed by atoms with Crippen LogP contribution >= 0.6 is 0 Å². The lowest BCUT2D eigenvalue weighted by atomic mass is 10.2. The van der Waals surface area contributed by atoms with E-state index in [9.17, 15) is 5.11 Å². The Labute approximate surface area is 125 Å². The van der Waals surface area contributed by atoms with Crippen LogP contribution in [0.1, 0.15) is 18.4 Å². The van der Waals surface area contributed by atoms with Crippen LogP contribution in [0, 0.1) is 0 Å². The van der Waals surface area contributed by atoms with Gasteiger partial charge in [-0.05, 0) is 42.7 Å². The highest BCUT2D eigenvalue weighted by Crippen LogP contribution is 2.27. The molecule has 0 saturated carbocycles. The molecule has 21 heavy (non-hydrogen) atoms. The predicted octanol–water partition coefficient (Wildman–Crippen LogP) is 3.23. The van der Waals surface area contributed by atoms with Gasteiger partial charge in [0.2, 0.25) is 0 Å². The van der Waals surface area contributed by atoms with E-state index in [2.05, 4.69) is 29.2 Å². The smallest absolute Gasteiger partial charge is 0.119 e. The van der Waals surface area contributed by atoms with Crippen molar-refractivity contribution in [2.24, 2.45) is 0 Å². The van der Waals surface area contributed by atoms with Crippen LogP contribution < -0.4 is 9.64 Å². The average Bonchev–Trinajstić information content (AvgIpc) is 3.03. The number of ether oxygens (including phenoxy) is 1. The minimum Gasteiger partial charge on any atom is -0.489 e. The van der Waals surface area contributed by atoms with E-state index in [1.165, 1.54) is 11.3 Å². The van der Waals surface area contributed by atoms with E-state index in [-0.39, 0.29) is 12.6 Å². The molecule has 110 valence electrons. The quantitative estimate of drug-likeness (QED) is 0.914. The Morgan fingerprint density at radius 1 is 1.05 bits per heavy atom. The van der Waals surface area contributed by atoms with Gasteiger partial charge >= 0.3 is 0 Å². The van der Waals surface area contributed by atoms with Gasteiger partial charge in [0.15, 0.2) is 0 Å². The van der Waals surface area contributed by atoms with Gasteiger partial charge in [0.25, 0.3) is 0 Å². The lowest BCUT2D eigenvalue weighted by molar-refractivity contribution is 0.266. The monoisotopic (exact) mass is 283 g/mol. The van der Waals surface area contributed by atoms with E-state index in [1.54, 1.807) is 0 Å². The summed E-state index contributed by atoms with van der Waals surface area (Å²) in [4.78, 5) is 2.28. The zero-order valence-corrected chi connectivity index (χ0v) is 12.1. The van der Waals surface area contributed by atoms with Crippen LogP contribution in [0.15, 0.2) is 54.6 Å². The number of anilines is 1. The van der Waals surface area contributed by atoms with E-state index in [1.807, 2.05) is 30.3 Å². The van der Waals surface area contributed by atoms with E-state index < -0.39 is 0 Å². The van der Waals surface area contributed by atoms with Crippen molar-refractivity contribution in [2.75, 3.05) is 18.1 Å². The molecule has 3 nitrogen and oxygen atoms in total. The molecule has 1 heterocycles. The van der Waals surface area contributed by atoms with Crippen molar-refractivity contribution in [3.05, 3.63) is 60.2 Å². The highest BCUT2D eigenvalue weighted by atomic mass is 16.5. The van der Waals surface area contributed by atoms with Crippen molar-refractivity contribution in [3.8, 4) is 5.75 Å². The number of nitrogens with zero attached hydrogens (tertiary/aromatic N) is 1. The van der Waals surface area contributed by atoms with Crippen LogP contribution in [0.5, 0.6) is 5.75 Å². The first-order valence-electron chi connectivity index (χ1n) is 7.51. The molecule has 3 rings (SSSR count). The third kappa shape index (κ3) is 3.37. The summed E-state index contributed by atoms with van der Waals surface area (Å²) in [5, 5.41) is 9.40. The van der Waals surface area contributed by atoms with Crippen LogP contribution in [0.2, 0.25) is 0 Å². The maximum Gasteiger partial charge on any atom is 0.119 e. The Bertz CT molecular complexity index is 553. The molecule has 1 N–H and O–H groups in total. The van der Waals surface area contributed by atoms with Gasteiger partial charge in [-0.25, -0.2) is 0 Å². The van der Waals surface area contributed by atoms with Crippen LogP contribution in [-0.4, -0.2) is 24.3 Å². The number of rotatable bonds is 5. The Hall–Kier alpha value is -2.00. The van der Waals surface area contributed by atoms with Crippen molar-refractivity contribution in [3.63, 3.8) is 0 Å². The SMILES string of the molecule is OCC1CCCN1c1ccc(OCc2ccccc2)cc1. The zero-order chi connectivity index (χ0) is 14.5. The van der Waals surface area contributed by atoms with Gasteiger partial charge in [-0.3, -0.25) is 0 Å². The second kappa shape index (κ2) is 6.64. The molecule has 0 radical (unpaired) electrons. The number of benzene rings is 2. The largest absolute Gasteiger partial charge is 0.489 e. The highest BCUT2D eigenvalue weighted by molar-refractivity contribution is 5.50. The van der Waals surface area contributed by atoms with Crippen LogP contribution in [0.25, 0.3) is 0 Å². The van der Waals surface area contributed by atoms with Crippen LogP contribution in [0.4, 0.5) is 5.69 Å². The summed E-state index contributed by atoms with van der Waals surface area (Å²) < 4.78 is 5.79. The maximum absolute atomic E-state index is 9.40. The van der Waals surface area contributed by atoms with Gasteiger partial charge < -0.3 is 14.7 Å². The normalized spacial score (nSPS) is 18.0. The van der Waals surface area contributed by atoms with Gasteiger partial charge in [0.05, 0.1) is 12.6 Å². The molecule has 1 fully saturated rings. The molecule has 1 unspecified atom stereocenters. The molecule has 1 aliphatic rings. The first-order chi connectivity index (χ1) is 10.4. The number of aliphatic hydroxyl groups excluding tert-OH is 1. The summed E-state index contributed by atoms with van der Waals surface area (Å²) in [6, 6.07) is 18.6.